The highest BCUT2D eigenvalue weighted by atomic mass is 32.2. The van der Waals surface area contributed by atoms with Crippen LogP contribution in [0.3, 0.4) is 0 Å². The summed E-state index contributed by atoms with van der Waals surface area (Å²) in [5.41, 5.74) is 1.19. The Balaban J connectivity index is 1.40. The standard InChI is InChI=1S/C22H31N3O2S/c1-4-18-15-23-22(24-16-18)25-12-9-19(10-13-25)17(2)11-14-27-20-5-7-21(8-6-20)28(3)26/h5-8,15-17,19H,4,9-14H2,1-3H3/t17-,28?/m1/s1. The Kier molecular flexibility index (Phi) is 7.43. The summed E-state index contributed by atoms with van der Waals surface area (Å²) in [5, 5.41) is 0. The number of rotatable bonds is 8. The largest absolute Gasteiger partial charge is 0.494 e. The van der Waals surface area contributed by atoms with Gasteiger partial charge in [0.15, 0.2) is 0 Å². The molecule has 1 saturated heterocycles. The highest BCUT2D eigenvalue weighted by Crippen LogP contribution is 2.28. The molecule has 152 valence electrons. The van der Waals surface area contributed by atoms with Gasteiger partial charge in [-0.2, -0.15) is 0 Å². The molecule has 0 bridgehead atoms. The molecule has 0 aliphatic carbocycles. The second-order valence-corrected chi connectivity index (χ2v) is 8.99. The summed E-state index contributed by atoms with van der Waals surface area (Å²) < 4.78 is 17.3. The van der Waals surface area contributed by atoms with Gasteiger partial charge in [-0.05, 0) is 67.3 Å². The molecule has 0 spiro atoms. The molecule has 28 heavy (non-hydrogen) atoms. The zero-order valence-corrected chi connectivity index (χ0v) is 18.0. The van der Waals surface area contributed by atoms with Crippen LogP contribution < -0.4 is 9.64 Å². The third-order valence-corrected chi connectivity index (χ3v) is 6.66. The molecule has 1 unspecified atom stereocenters. The van der Waals surface area contributed by atoms with Gasteiger partial charge in [0, 0.05) is 47.4 Å². The topological polar surface area (TPSA) is 55.3 Å². The Morgan fingerprint density at radius 2 is 1.82 bits per heavy atom. The predicted octanol–water partition coefficient (Wildman–Crippen LogP) is 4.10. The third kappa shape index (κ3) is 5.53. The van der Waals surface area contributed by atoms with Gasteiger partial charge >= 0.3 is 0 Å². The van der Waals surface area contributed by atoms with Crippen molar-refractivity contribution >= 4 is 16.7 Å². The monoisotopic (exact) mass is 401 g/mol. The van der Waals surface area contributed by atoms with Crippen molar-refractivity contribution < 1.29 is 8.95 Å². The number of aromatic nitrogens is 2. The molecule has 1 aromatic heterocycles. The normalized spacial score (nSPS) is 17.3. The van der Waals surface area contributed by atoms with Gasteiger partial charge in [0.2, 0.25) is 5.95 Å². The van der Waals surface area contributed by atoms with Crippen LogP contribution in [-0.2, 0) is 17.2 Å². The number of nitrogens with zero attached hydrogens (tertiary/aromatic N) is 3. The van der Waals surface area contributed by atoms with Crippen LogP contribution in [0.15, 0.2) is 41.6 Å². The van der Waals surface area contributed by atoms with Crippen LogP contribution in [-0.4, -0.2) is 40.1 Å². The lowest BCUT2D eigenvalue weighted by atomic mass is 9.84. The van der Waals surface area contributed by atoms with E-state index in [9.17, 15) is 4.21 Å². The van der Waals surface area contributed by atoms with Gasteiger partial charge in [-0.15, -0.1) is 0 Å². The zero-order chi connectivity index (χ0) is 19.9. The van der Waals surface area contributed by atoms with Crippen LogP contribution in [0.1, 0.15) is 38.7 Å². The maximum Gasteiger partial charge on any atom is 0.225 e. The lowest BCUT2D eigenvalue weighted by molar-refractivity contribution is 0.222. The van der Waals surface area contributed by atoms with Crippen molar-refractivity contribution in [1.82, 2.24) is 9.97 Å². The van der Waals surface area contributed by atoms with E-state index in [1.165, 1.54) is 18.4 Å². The highest BCUT2D eigenvalue weighted by Gasteiger charge is 2.25. The molecule has 3 rings (SSSR count). The minimum atomic E-state index is -0.941. The Labute approximate surface area is 171 Å². The van der Waals surface area contributed by atoms with Crippen molar-refractivity contribution in [2.45, 2.75) is 44.4 Å². The van der Waals surface area contributed by atoms with Gasteiger partial charge < -0.3 is 9.64 Å². The van der Waals surface area contributed by atoms with Crippen LogP contribution in [0.5, 0.6) is 5.75 Å². The van der Waals surface area contributed by atoms with E-state index in [1.54, 1.807) is 6.26 Å². The number of benzene rings is 1. The van der Waals surface area contributed by atoms with Crippen LogP contribution in [0.25, 0.3) is 0 Å². The second-order valence-electron chi connectivity index (χ2n) is 7.61. The van der Waals surface area contributed by atoms with E-state index in [0.29, 0.717) is 5.92 Å². The number of aryl methyl sites for hydroxylation is 1. The molecular weight excluding hydrogens is 370 g/mol. The summed E-state index contributed by atoms with van der Waals surface area (Å²) in [6.07, 6.45) is 9.96. The third-order valence-electron chi connectivity index (χ3n) is 5.72. The van der Waals surface area contributed by atoms with Crippen molar-refractivity contribution in [3.05, 3.63) is 42.2 Å². The fourth-order valence-electron chi connectivity index (χ4n) is 3.69. The van der Waals surface area contributed by atoms with Crippen molar-refractivity contribution in [3.63, 3.8) is 0 Å². The van der Waals surface area contributed by atoms with Crippen molar-refractivity contribution in [2.75, 3.05) is 30.9 Å². The molecule has 1 aliphatic heterocycles. The van der Waals surface area contributed by atoms with Crippen LogP contribution in [0, 0.1) is 11.8 Å². The summed E-state index contributed by atoms with van der Waals surface area (Å²) >= 11 is 0. The molecule has 0 amide bonds. The second kappa shape index (κ2) is 10.0. The van der Waals surface area contributed by atoms with E-state index >= 15 is 0 Å². The van der Waals surface area contributed by atoms with Crippen molar-refractivity contribution in [2.24, 2.45) is 11.8 Å². The first kappa shape index (κ1) is 20.8. The molecule has 1 fully saturated rings. The zero-order valence-electron chi connectivity index (χ0n) is 17.1. The Morgan fingerprint density at radius 1 is 1.18 bits per heavy atom. The highest BCUT2D eigenvalue weighted by molar-refractivity contribution is 7.84. The quantitative estimate of drug-likeness (QED) is 0.667. The summed E-state index contributed by atoms with van der Waals surface area (Å²) in [4.78, 5) is 12.2. The minimum Gasteiger partial charge on any atom is -0.494 e. The van der Waals surface area contributed by atoms with E-state index in [-0.39, 0.29) is 0 Å². The van der Waals surface area contributed by atoms with E-state index in [1.807, 2.05) is 36.7 Å². The molecule has 0 radical (unpaired) electrons. The molecule has 1 aliphatic rings. The molecular formula is C22H31N3O2S. The first-order valence-electron chi connectivity index (χ1n) is 10.2. The van der Waals surface area contributed by atoms with Gasteiger partial charge in [-0.1, -0.05) is 13.8 Å². The molecule has 2 aromatic rings. The van der Waals surface area contributed by atoms with Gasteiger partial charge in [0.05, 0.1) is 6.61 Å². The van der Waals surface area contributed by atoms with E-state index in [4.69, 9.17) is 4.74 Å². The SMILES string of the molecule is CCc1cnc(N2CCC([C@H](C)CCOc3ccc(S(C)=O)cc3)CC2)nc1. The summed E-state index contributed by atoms with van der Waals surface area (Å²) in [7, 11) is -0.941. The summed E-state index contributed by atoms with van der Waals surface area (Å²) in [5.74, 6) is 3.07. The molecule has 6 heteroatoms. The van der Waals surface area contributed by atoms with Crippen molar-refractivity contribution in [1.29, 1.82) is 0 Å². The molecule has 2 heterocycles. The van der Waals surface area contributed by atoms with Crippen LogP contribution in [0.2, 0.25) is 0 Å². The van der Waals surface area contributed by atoms with E-state index in [2.05, 4.69) is 28.7 Å². The maximum atomic E-state index is 11.4. The first-order valence-corrected chi connectivity index (χ1v) is 11.7. The average molecular weight is 402 g/mol. The van der Waals surface area contributed by atoms with E-state index < -0.39 is 10.8 Å². The number of piperidine rings is 1. The molecule has 5 nitrogen and oxygen atoms in total. The van der Waals surface area contributed by atoms with Gasteiger partial charge in [0.25, 0.3) is 0 Å². The summed E-state index contributed by atoms with van der Waals surface area (Å²) in [6, 6.07) is 7.56. The summed E-state index contributed by atoms with van der Waals surface area (Å²) in [6.45, 7) is 7.22. The molecule has 0 N–H and O–H groups in total. The number of hydrogen-bond donors (Lipinski definition) is 0. The fraction of sp³-hybridized carbons (Fsp3) is 0.545. The number of ether oxygens (including phenoxy) is 1. The average Bonchev–Trinajstić information content (AvgIpc) is 2.74. The Bertz CT molecular complexity index is 756. The Hall–Kier alpha value is -1.95. The van der Waals surface area contributed by atoms with Gasteiger partial charge in [-0.3, -0.25) is 4.21 Å². The molecule has 2 atom stereocenters. The first-order chi connectivity index (χ1) is 13.6. The fourth-order valence-corrected chi connectivity index (χ4v) is 4.21. The molecule has 0 saturated carbocycles. The van der Waals surface area contributed by atoms with Crippen LogP contribution in [0.4, 0.5) is 5.95 Å². The van der Waals surface area contributed by atoms with Gasteiger partial charge in [0.1, 0.15) is 5.75 Å². The van der Waals surface area contributed by atoms with Gasteiger partial charge in [-0.25, -0.2) is 9.97 Å². The maximum absolute atomic E-state index is 11.4. The lowest BCUT2D eigenvalue weighted by Crippen LogP contribution is -2.37. The minimum absolute atomic E-state index is 0.632. The lowest BCUT2D eigenvalue weighted by Gasteiger charge is -2.35. The van der Waals surface area contributed by atoms with Crippen LogP contribution >= 0.6 is 0 Å². The Morgan fingerprint density at radius 3 is 2.39 bits per heavy atom. The predicted molar refractivity (Wildman–Crippen MR) is 114 cm³/mol. The number of anilines is 1. The van der Waals surface area contributed by atoms with Crippen molar-refractivity contribution in [3.8, 4) is 5.75 Å². The smallest absolute Gasteiger partial charge is 0.225 e. The molecule has 1 aromatic carbocycles. The van der Waals surface area contributed by atoms with E-state index in [0.717, 1.165) is 55.0 Å². The number of hydrogen-bond acceptors (Lipinski definition) is 5.